The number of fused-ring (bicyclic) bond motifs is 1. The van der Waals surface area contributed by atoms with Gasteiger partial charge in [0, 0.05) is 17.2 Å². The summed E-state index contributed by atoms with van der Waals surface area (Å²) in [4.78, 5) is 4.70. The lowest BCUT2D eigenvalue weighted by Gasteiger charge is -2.03. The summed E-state index contributed by atoms with van der Waals surface area (Å²) in [5.41, 5.74) is 2.27. The lowest BCUT2D eigenvalue weighted by molar-refractivity contribution is 1.22. The smallest absolute Gasteiger partial charge is 0.0705 e. The van der Waals surface area contributed by atoms with Gasteiger partial charge in [-0.25, -0.2) is 0 Å². The van der Waals surface area contributed by atoms with Crippen molar-refractivity contribution in [3.8, 4) is 0 Å². The fourth-order valence-corrected chi connectivity index (χ4v) is 2.97. The van der Waals surface area contributed by atoms with Crippen molar-refractivity contribution in [2.75, 3.05) is 0 Å². The molecule has 0 saturated heterocycles. The predicted molar refractivity (Wildman–Crippen MR) is 79.8 cm³/mol. The minimum atomic E-state index is 0.791. The van der Waals surface area contributed by atoms with Crippen molar-refractivity contribution in [3.63, 3.8) is 0 Å². The molecule has 1 aromatic heterocycles. The maximum absolute atomic E-state index is 4.70. The SMILES string of the molecule is c1ccc(PCc2ccc3ccccc3n2)cc1. The molecule has 0 amide bonds. The number of hydrogen-bond acceptors (Lipinski definition) is 1. The quantitative estimate of drug-likeness (QED) is 0.646. The van der Waals surface area contributed by atoms with Gasteiger partial charge in [-0.3, -0.25) is 4.98 Å². The molecule has 0 aliphatic rings. The Morgan fingerprint density at radius 1 is 0.778 bits per heavy atom. The molecule has 0 fully saturated rings. The third-order valence-corrected chi connectivity index (χ3v) is 4.18. The largest absolute Gasteiger partial charge is 0.252 e. The molecule has 1 nitrogen and oxygen atoms in total. The van der Waals surface area contributed by atoms with E-state index in [0.717, 1.165) is 20.3 Å². The van der Waals surface area contributed by atoms with Gasteiger partial charge in [-0.2, -0.15) is 0 Å². The van der Waals surface area contributed by atoms with Crippen LogP contribution in [0.5, 0.6) is 0 Å². The van der Waals surface area contributed by atoms with E-state index < -0.39 is 0 Å². The van der Waals surface area contributed by atoms with Gasteiger partial charge in [0.05, 0.1) is 5.52 Å². The average molecular weight is 251 g/mol. The Bertz CT molecular complexity index is 649. The van der Waals surface area contributed by atoms with Gasteiger partial charge in [0.2, 0.25) is 0 Å². The first kappa shape index (κ1) is 11.4. The number of hydrogen-bond donors (Lipinski definition) is 0. The monoisotopic (exact) mass is 251 g/mol. The van der Waals surface area contributed by atoms with Crippen LogP contribution >= 0.6 is 8.58 Å². The fourth-order valence-electron chi connectivity index (χ4n) is 1.96. The number of rotatable bonds is 3. The van der Waals surface area contributed by atoms with E-state index in [-0.39, 0.29) is 0 Å². The molecule has 0 N–H and O–H groups in total. The molecule has 0 saturated carbocycles. The van der Waals surface area contributed by atoms with Crippen molar-refractivity contribution in [2.24, 2.45) is 0 Å². The fraction of sp³-hybridized carbons (Fsp3) is 0.0625. The first-order chi connectivity index (χ1) is 8.92. The van der Waals surface area contributed by atoms with Gasteiger partial charge in [-0.15, -0.1) is 0 Å². The van der Waals surface area contributed by atoms with Crippen LogP contribution in [0.4, 0.5) is 0 Å². The number of aromatic nitrogens is 1. The summed E-state index contributed by atoms with van der Waals surface area (Å²) in [5.74, 6) is 0. The van der Waals surface area contributed by atoms with Crippen LogP contribution in [-0.4, -0.2) is 4.98 Å². The minimum Gasteiger partial charge on any atom is -0.252 e. The molecule has 1 unspecified atom stereocenters. The second kappa shape index (κ2) is 5.29. The Hall–Kier alpha value is -1.72. The lowest BCUT2D eigenvalue weighted by Crippen LogP contribution is -1.94. The van der Waals surface area contributed by atoms with Crippen molar-refractivity contribution in [1.82, 2.24) is 4.98 Å². The second-order valence-corrected chi connectivity index (χ2v) is 5.50. The van der Waals surface area contributed by atoms with Crippen LogP contribution in [0.1, 0.15) is 5.69 Å². The highest BCUT2D eigenvalue weighted by Crippen LogP contribution is 2.19. The summed E-state index contributed by atoms with van der Waals surface area (Å²) < 4.78 is 0. The van der Waals surface area contributed by atoms with E-state index in [1.807, 2.05) is 6.07 Å². The van der Waals surface area contributed by atoms with E-state index in [4.69, 9.17) is 4.98 Å². The normalized spacial score (nSPS) is 11.3. The molecule has 3 aromatic rings. The number of para-hydroxylation sites is 1. The van der Waals surface area contributed by atoms with Crippen LogP contribution in [0.15, 0.2) is 66.7 Å². The molecule has 1 heterocycles. The first-order valence-electron chi connectivity index (χ1n) is 6.05. The summed E-state index contributed by atoms with van der Waals surface area (Å²) in [5, 5.41) is 2.61. The highest BCUT2D eigenvalue weighted by atomic mass is 31.1. The first-order valence-corrected chi connectivity index (χ1v) is 7.26. The molecule has 0 bridgehead atoms. The average Bonchev–Trinajstić information content (AvgIpc) is 2.46. The Morgan fingerprint density at radius 2 is 1.56 bits per heavy atom. The predicted octanol–water partition coefficient (Wildman–Crippen LogP) is 3.74. The Balaban J connectivity index is 1.79. The summed E-state index contributed by atoms with van der Waals surface area (Å²) in [6, 6.07) is 23.2. The van der Waals surface area contributed by atoms with Gasteiger partial charge in [0.25, 0.3) is 0 Å². The summed E-state index contributed by atoms with van der Waals surface area (Å²) >= 11 is 0. The van der Waals surface area contributed by atoms with Crippen molar-refractivity contribution < 1.29 is 0 Å². The zero-order chi connectivity index (χ0) is 12.2. The van der Waals surface area contributed by atoms with Gasteiger partial charge in [0.1, 0.15) is 0 Å². The molecule has 0 aliphatic heterocycles. The van der Waals surface area contributed by atoms with Gasteiger partial charge in [-0.05, 0) is 17.4 Å². The summed E-state index contributed by atoms with van der Waals surface area (Å²) in [6.45, 7) is 0. The standard InChI is InChI=1S/C16H14NP/c1-2-7-15(8-3-1)18-12-14-11-10-13-6-4-5-9-16(13)17-14/h1-11,18H,12H2. The molecule has 18 heavy (non-hydrogen) atoms. The maximum Gasteiger partial charge on any atom is 0.0705 e. The maximum atomic E-state index is 4.70. The molecule has 0 spiro atoms. The highest BCUT2D eigenvalue weighted by Gasteiger charge is 1.98. The van der Waals surface area contributed by atoms with Crippen molar-refractivity contribution in [3.05, 3.63) is 72.4 Å². The Kier molecular flexibility index (Phi) is 3.34. The topological polar surface area (TPSA) is 12.9 Å². The second-order valence-electron chi connectivity index (χ2n) is 4.21. The molecule has 2 heteroatoms. The molecule has 0 aliphatic carbocycles. The lowest BCUT2D eigenvalue weighted by atomic mass is 10.2. The zero-order valence-electron chi connectivity index (χ0n) is 10.0. The third-order valence-electron chi connectivity index (χ3n) is 2.90. The van der Waals surface area contributed by atoms with Gasteiger partial charge < -0.3 is 0 Å². The molecule has 2 aromatic carbocycles. The van der Waals surface area contributed by atoms with Crippen molar-refractivity contribution in [2.45, 2.75) is 6.16 Å². The molecule has 1 atom stereocenters. The molecule has 88 valence electrons. The Labute approximate surface area is 109 Å². The van der Waals surface area contributed by atoms with E-state index in [1.54, 1.807) is 0 Å². The van der Waals surface area contributed by atoms with E-state index in [0.29, 0.717) is 0 Å². The van der Waals surface area contributed by atoms with Crippen LogP contribution < -0.4 is 5.30 Å². The highest BCUT2D eigenvalue weighted by molar-refractivity contribution is 7.46. The zero-order valence-corrected chi connectivity index (χ0v) is 11.0. The van der Waals surface area contributed by atoms with Crippen molar-refractivity contribution >= 4 is 24.8 Å². The van der Waals surface area contributed by atoms with Crippen LogP contribution in [0.2, 0.25) is 0 Å². The van der Waals surface area contributed by atoms with Gasteiger partial charge in [-0.1, -0.05) is 63.2 Å². The number of pyridine rings is 1. The molecular weight excluding hydrogens is 237 g/mol. The van der Waals surface area contributed by atoms with Crippen LogP contribution in [0.3, 0.4) is 0 Å². The summed E-state index contributed by atoms with van der Waals surface area (Å²) in [6.07, 6.45) is 1.02. The van der Waals surface area contributed by atoms with Gasteiger partial charge in [0.15, 0.2) is 0 Å². The molecule has 0 radical (unpaired) electrons. The number of nitrogens with zero attached hydrogens (tertiary/aromatic N) is 1. The van der Waals surface area contributed by atoms with E-state index in [9.17, 15) is 0 Å². The molecule has 3 rings (SSSR count). The van der Waals surface area contributed by atoms with E-state index in [2.05, 4.69) is 60.7 Å². The minimum absolute atomic E-state index is 0.791. The van der Waals surface area contributed by atoms with Crippen molar-refractivity contribution in [1.29, 1.82) is 0 Å². The van der Waals surface area contributed by atoms with Crippen LogP contribution in [-0.2, 0) is 6.16 Å². The summed E-state index contributed by atoms with van der Waals surface area (Å²) in [7, 11) is 0.791. The molecular formula is C16H14NP. The number of benzene rings is 2. The Morgan fingerprint density at radius 3 is 2.44 bits per heavy atom. The van der Waals surface area contributed by atoms with E-state index in [1.165, 1.54) is 16.4 Å². The van der Waals surface area contributed by atoms with Gasteiger partial charge >= 0.3 is 0 Å². The van der Waals surface area contributed by atoms with E-state index >= 15 is 0 Å². The van der Waals surface area contributed by atoms with Crippen LogP contribution in [0.25, 0.3) is 10.9 Å². The van der Waals surface area contributed by atoms with Crippen LogP contribution in [0, 0.1) is 0 Å². The third kappa shape index (κ3) is 2.57.